The molecule has 1 aromatic rings. The highest BCUT2D eigenvalue weighted by Gasteiger charge is 2.21. The molecule has 0 aliphatic rings. The highest BCUT2D eigenvalue weighted by Crippen LogP contribution is 2.27. The zero-order chi connectivity index (χ0) is 14.6. The number of hydrogen-bond donors (Lipinski definition) is 1. The third-order valence-corrected chi connectivity index (χ3v) is 3.70. The van der Waals surface area contributed by atoms with Crippen LogP contribution in [0.1, 0.15) is 24.2 Å². The van der Waals surface area contributed by atoms with Crippen LogP contribution in [0, 0.1) is 5.92 Å². The summed E-state index contributed by atoms with van der Waals surface area (Å²) in [6.07, 6.45) is 0. The first-order valence-electron chi connectivity index (χ1n) is 5.84. The fourth-order valence-corrected chi connectivity index (χ4v) is 2.26. The number of primary amides is 1. The summed E-state index contributed by atoms with van der Waals surface area (Å²) in [4.78, 5) is 24.9. The quantitative estimate of drug-likeness (QED) is 0.890. The second kappa shape index (κ2) is 6.91. The van der Waals surface area contributed by atoms with Gasteiger partial charge in [0.2, 0.25) is 5.91 Å². The lowest BCUT2D eigenvalue weighted by atomic mass is 10.1. The molecule has 0 fully saturated rings. The lowest BCUT2D eigenvalue weighted by Gasteiger charge is -2.23. The van der Waals surface area contributed by atoms with Crippen LogP contribution in [0.3, 0.4) is 0 Å². The van der Waals surface area contributed by atoms with Gasteiger partial charge in [-0.3, -0.25) is 9.59 Å². The molecule has 104 valence electrons. The molecule has 0 aliphatic heterocycles. The molecule has 0 aliphatic carbocycles. The Hall–Kier alpha value is -1.07. The van der Waals surface area contributed by atoms with Crippen LogP contribution in [-0.2, 0) is 4.79 Å². The van der Waals surface area contributed by atoms with Gasteiger partial charge < -0.3 is 10.6 Å². The van der Waals surface area contributed by atoms with Crippen molar-refractivity contribution in [2.45, 2.75) is 13.8 Å². The van der Waals surface area contributed by atoms with Crippen LogP contribution in [0.2, 0.25) is 5.02 Å². The number of carbonyl (C=O) groups excluding carboxylic acids is 2. The van der Waals surface area contributed by atoms with Crippen LogP contribution < -0.4 is 5.73 Å². The third-order valence-electron chi connectivity index (χ3n) is 2.40. The van der Waals surface area contributed by atoms with E-state index in [1.54, 1.807) is 18.2 Å². The molecule has 0 aromatic heterocycles. The standard InChI is InChI=1S/C13H16BrClN2O2/c1-8(2)6-17(7-11(16)18)13(19)9-4-3-5-10(14)12(9)15/h3-5,8H,6-7H2,1-2H3,(H2,16,18). The topological polar surface area (TPSA) is 63.4 Å². The molecule has 1 rings (SSSR count). The zero-order valence-corrected chi connectivity index (χ0v) is 13.2. The van der Waals surface area contributed by atoms with E-state index in [1.807, 2.05) is 13.8 Å². The molecule has 0 radical (unpaired) electrons. The van der Waals surface area contributed by atoms with Crippen molar-refractivity contribution in [3.8, 4) is 0 Å². The van der Waals surface area contributed by atoms with Crippen molar-refractivity contribution in [2.24, 2.45) is 11.7 Å². The average molecular weight is 348 g/mol. The van der Waals surface area contributed by atoms with E-state index in [1.165, 1.54) is 4.90 Å². The van der Waals surface area contributed by atoms with Gasteiger partial charge in [-0.15, -0.1) is 0 Å². The van der Waals surface area contributed by atoms with Crippen molar-refractivity contribution in [2.75, 3.05) is 13.1 Å². The number of hydrogen-bond acceptors (Lipinski definition) is 2. The predicted molar refractivity (Wildman–Crippen MR) is 79.1 cm³/mol. The van der Waals surface area contributed by atoms with Crippen molar-refractivity contribution >= 4 is 39.3 Å². The summed E-state index contributed by atoms with van der Waals surface area (Å²) < 4.78 is 0.642. The normalized spacial score (nSPS) is 10.6. The molecule has 19 heavy (non-hydrogen) atoms. The molecule has 0 bridgehead atoms. The molecular weight excluding hydrogens is 332 g/mol. The zero-order valence-electron chi connectivity index (χ0n) is 10.8. The van der Waals surface area contributed by atoms with Gasteiger partial charge in [0.25, 0.3) is 5.91 Å². The van der Waals surface area contributed by atoms with Gasteiger partial charge in [-0.05, 0) is 34.0 Å². The molecule has 0 spiro atoms. The Bertz CT molecular complexity index is 492. The fraction of sp³-hybridized carbons (Fsp3) is 0.385. The van der Waals surface area contributed by atoms with Gasteiger partial charge in [-0.1, -0.05) is 31.5 Å². The Kier molecular flexibility index (Phi) is 5.82. The number of amides is 2. The summed E-state index contributed by atoms with van der Waals surface area (Å²) in [5.41, 5.74) is 5.54. The van der Waals surface area contributed by atoms with E-state index in [9.17, 15) is 9.59 Å². The van der Waals surface area contributed by atoms with E-state index in [2.05, 4.69) is 15.9 Å². The maximum absolute atomic E-state index is 12.4. The summed E-state index contributed by atoms with van der Waals surface area (Å²) in [5, 5.41) is 0.339. The minimum absolute atomic E-state index is 0.111. The third kappa shape index (κ3) is 4.51. The van der Waals surface area contributed by atoms with E-state index in [0.29, 0.717) is 21.6 Å². The van der Waals surface area contributed by atoms with Crippen LogP contribution in [0.25, 0.3) is 0 Å². The van der Waals surface area contributed by atoms with Crippen LogP contribution in [0.5, 0.6) is 0 Å². The van der Waals surface area contributed by atoms with Crippen molar-refractivity contribution in [3.63, 3.8) is 0 Å². The van der Waals surface area contributed by atoms with Gasteiger partial charge in [-0.25, -0.2) is 0 Å². The lowest BCUT2D eigenvalue weighted by Crippen LogP contribution is -2.40. The maximum atomic E-state index is 12.4. The smallest absolute Gasteiger partial charge is 0.255 e. The highest BCUT2D eigenvalue weighted by molar-refractivity contribution is 9.10. The number of rotatable bonds is 5. The van der Waals surface area contributed by atoms with E-state index >= 15 is 0 Å². The largest absolute Gasteiger partial charge is 0.368 e. The van der Waals surface area contributed by atoms with E-state index < -0.39 is 5.91 Å². The SMILES string of the molecule is CC(C)CN(CC(N)=O)C(=O)c1cccc(Br)c1Cl. The summed E-state index contributed by atoms with van der Waals surface area (Å²) in [6.45, 7) is 4.26. The molecule has 2 amide bonds. The number of benzene rings is 1. The fourth-order valence-electron chi connectivity index (χ4n) is 1.69. The molecule has 1 aromatic carbocycles. The number of halogens is 2. The van der Waals surface area contributed by atoms with Crippen molar-refractivity contribution in [3.05, 3.63) is 33.3 Å². The van der Waals surface area contributed by atoms with Crippen LogP contribution in [0.4, 0.5) is 0 Å². The van der Waals surface area contributed by atoms with Crippen molar-refractivity contribution in [1.29, 1.82) is 0 Å². The molecule has 0 saturated carbocycles. The Labute approximate surface area is 126 Å². The van der Waals surface area contributed by atoms with Gasteiger partial charge in [0.15, 0.2) is 0 Å². The van der Waals surface area contributed by atoms with Gasteiger partial charge in [0, 0.05) is 11.0 Å². The molecule has 0 heterocycles. The van der Waals surface area contributed by atoms with Gasteiger partial charge in [-0.2, -0.15) is 0 Å². The second-order valence-electron chi connectivity index (χ2n) is 4.65. The number of nitrogens with two attached hydrogens (primary N) is 1. The Morgan fingerprint density at radius 1 is 1.42 bits per heavy atom. The van der Waals surface area contributed by atoms with Gasteiger partial charge in [0.1, 0.15) is 0 Å². The predicted octanol–water partition coefficient (Wildman–Crippen LogP) is 2.69. The molecule has 0 atom stereocenters. The molecule has 0 saturated heterocycles. The first-order valence-corrected chi connectivity index (χ1v) is 7.01. The van der Waals surface area contributed by atoms with Gasteiger partial charge >= 0.3 is 0 Å². The minimum Gasteiger partial charge on any atom is -0.368 e. The Morgan fingerprint density at radius 3 is 2.58 bits per heavy atom. The van der Waals surface area contributed by atoms with E-state index in [-0.39, 0.29) is 18.4 Å². The molecular formula is C13H16BrClN2O2. The minimum atomic E-state index is -0.542. The molecule has 2 N–H and O–H groups in total. The van der Waals surface area contributed by atoms with Crippen molar-refractivity contribution in [1.82, 2.24) is 4.90 Å². The van der Waals surface area contributed by atoms with Crippen LogP contribution in [0.15, 0.2) is 22.7 Å². The summed E-state index contributed by atoms with van der Waals surface area (Å²) in [6, 6.07) is 5.10. The summed E-state index contributed by atoms with van der Waals surface area (Å²) >= 11 is 9.37. The maximum Gasteiger partial charge on any atom is 0.255 e. The monoisotopic (exact) mass is 346 g/mol. The van der Waals surface area contributed by atoms with E-state index in [4.69, 9.17) is 17.3 Å². The lowest BCUT2D eigenvalue weighted by molar-refractivity contribution is -0.118. The Morgan fingerprint density at radius 2 is 2.05 bits per heavy atom. The molecule has 0 unspecified atom stereocenters. The number of nitrogens with zero attached hydrogens (tertiary/aromatic N) is 1. The van der Waals surface area contributed by atoms with Crippen LogP contribution >= 0.6 is 27.5 Å². The van der Waals surface area contributed by atoms with Crippen LogP contribution in [-0.4, -0.2) is 29.8 Å². The summed E-state index contributed by atoms with van der Waals surface area (Å²) in [5.74, 6) is -0.604. The first kappa shape index (κ1) is 16.0. The van der Waals surface area contributed by atoms with Crippen molar-refractivity contribution < 1.29 is 9.59 Å². The molecule has 6 heteroatoms. The number of carbonyl (C=O) groups is 2. The first-order chi connectivity index (χ1) is 8.82. The van der Waals surface area contributed by atoms with Gasteiger partial charge in [0.05, 0.1) is 17.1 Å². The second-order valence-corrected chi connectivity index (χ2v) is 5.88. The molecule has 4 nitrogen and oxygen atoms in total. The Balaban J connectivity index is 3.04. The average Bonchev–Trinajstić information content (AvgIpc) is 2.30. The van der Waals surface area contributed by atoms with E-state index in [0.717, 1.165) is 0 Å². The summed E-state index contributed by atoms with van der Waals surface area (Å²) in [7, 11) is 0. The highest BCUT2D eigenvalue weighted by atomic mass is 79.9.